The molecule has 0 bridgehead atoms. The maximum absolute atomic E-state index is 12.3. The van der Waals surface area contributed by atoms with Crippen LogP contribution in [0.4, 0.5) is 0 Å². The second-order valence-corrected chi connectivity index (χ2v) is 10.5. The molecule has 2 N–H and O–H groups in total. The summed E-state index contributed by atoms with van der Waals surface area (Å²) in [6.45, 7) is 6.86. The number of amides is 1. The van der Waals surface area contributed by atoms with E-state index in [0.29, 0.717) is 23.8 Å². The quantitative estimate of drug-likeness (QED) is 0.742. The molecule has 0 radical (unpaired) electrons. The van der Waals surface area contributed by atoms with E-state index >= 15 is 0 Å². The minimum absolute atomic E-state index is 0.0341. The number of carbonyl (C=O) groups is 1. The zero-order chi connectivity index (χ0) is 20.6. The van der Waals surface area contributed by atoms with Crippen LogP contribution in [0.1, 0.15) is 58.6 Å². The maximum Gasteiger partial charge on any atom is 0.246 e. The molecule has 2 heterocycles. The smallest absolute Gasteiger partial charge is 0.246 e. The van der Waals surface area contributed by atoms with Gasteiger partial charge in [0.25, 0.3) is 0 Å². The fourth-order valence-corrected chi connectivity index (χ4v) is 7.65. The summed E-state index contributed by atoms with van der Waals surface area (Å²) in [7, 11) is 1.97. The van der Waals surface area contributed by atoms with Gasteiger partial charge in [0, 0.05) is 35.8 Å². The zero-order valence-corrected chi connectivity index (χ0v) is 18.1. The molecule has 29 heavy (non-hydrogen) atoms. The molecule has 4 aliphatic rings. The van der Waals surface area contributed by atoms with E-state index in [0.717, 1.165) is 37.8 Å². The number of aromatic nitrogens is 1. The lowest BCUT2D eigenvalue weighted by molar-refractivity contribution is -0.140. The SMILES string of the molecule is C/C(=C1\C[C@H]2[C@@H]3CC[C@H]4N(C)C(=O)C=C[C@]4(C)[C@H]3CC[C@]2(C)[C@H]1O)c1ccc[nH]1. The molecule has 0 aromatic carbocycles. The van der Waals surface area contributed by atoms with Gasteiger partial charge in [0.1, 0.15) is 0 Å². The van der Waals surface area contributed by atoms with E-state index in [9.17, 15) is 9.90 Å². The van der Waals surface area contributed by atoms with E-state index in [4.69, 9.17) is 0 Å². The summed E-state index contributed by atoms with van der Waals surface area (Å²) >= 11 is 0. The molecule has 4 nitrogen and oxygen atoms in total. The van der Waals surface area contributed by atoms with Crippen molar-refractivity contribution in [3.8, 4) is 0 Å². The number of aliphatic hydroxyl groups excluding tert-OH is 1. The van der Waals surface area contributed by atoms with E-state index in [1.54, 1.807) is 6.08 Å². The van der Waals surface area contributed by atoms with Crippen molar-refractivity contribution in [1.82, 2.24) is 9.88 Å². The van der Waals surface area contributed by atoms with Crippen LogP contribution < -0.4 is 0 Å². The maximum atomic E-state index is 12.3. The van der Waals surface area contributed by atoms with E-state index < -0.39 is 0 Å². The number of carbonyl (C=O) groups excluding carboxylic acids is 1. The Morgan fingerprint density at radius 3 is 2.76 bits per heavy atom. The van der Waals surface area contributed by atoms with Crippen molar-refractivity contribution in [3.05, 3.63) is 41.7 Å². The summed E-state index contributed by atoms with van der Waals surface area (Å²) in [6.07, 6.45) is 11.1. The van der Waals surface area contributed by atoms with Crippen molar-refractivity contribution in [3.63, 3.8) is 0 Å². The van der Waals surface area contributed by atoms with Gasteiger partial charge in [0.2, 0.25) is 5.91 Å². The van der Waals surface area contributed by atoms with Crippen LogP contribution in [0.25, 0.3) is 5.57 Å². The first-order chi connectivity index (χ1) is 13.8. The average molecular weight is 395 g/mol. The molecule has 3 fully saturated rings. The summed E-state index contributed by atoms with van der Waals surface area (Å²) in [5, 5.41) is 11.4. The van der Waals surface area contributed by atoms with Gasteiger partial charge in [-0.2, -0.15) is 0 Å². The highest BCUT2D eigenvalue weighted by Gasteiger charge is 2.61. The first-order valence-electron chi connectivity index (χ1n) is 11.2. The van der Waals surface area contributed by atoms with Crippen LogP contribution in [0.2, 0.25) is 0 Å². The van der Waals surface area contributed by atoms with Gasteiger partial charge in [-0.3, -0.25) is 4.79 Å². The number of aromatic amines is 1. The molecular formula is C25H34N2O2. The average Bonchev–Trinajstić information content (AvgIpc) is 3.32. The minimum Gasteiger partial charge on any atom is -0.388 e. The number of rotatable bonds is 1. The summed E-state index contributed by atoms with van der Waals surface area (Å²) in [6, 6.07) is 4.45. The van der Waals surface area contributed by atoms with Gasteiger partial charge in [-0.15, -0.1) is 0 Å². The summed E-state index contributed by atoms with van der Waals surface area (Å²) in [5.41, 5.74) is 3.60. The lowest BCUT2D eigenvalue weighted by Crippen LogP contribution is -2.59. The summed E-state index contributed by atoms with van der Waals surface area (Å²) < 4.78 is 0. The van der Waals surface area contributed by atoms with Gasteiger partial charge >= 0.3 is 0 Å². The number of fused-ring (bicyclic) bond motifs is 5. The first kappa shape index (κ1) is 19.2. The lowest BCUT2D eigenvalue weighted by atomic mass is 9.48. The molecule has 3 saturated carbocycles. The van der Waals surface area contributed by atoms with Gasteiger partial charge in [0.15, 0.2) is 0 Å². The minimum atomic E-state index is -0.353. The van der Waals surface area contributed by atoms with Gasteiger partial charge in [-0.25, -0.2) is 0 Å². The number of H-pyrrole nitrogens is 1. The third-order valence-electron chi connectivity index (χ3n) is 9.44. The van der Waals surface area contributed by atoms with Crippen molar-refractivity contribution in [2.75, 3.05) is 7.05 Å². The van der Waals surface area contributed by atoms with Crippen molar-refractivity contribution in [2.24, 2.45) is 28.6 Å². The Morgan fingerprint density at radius 1 is 1.24 bits per heavy atom. The Bertz CT molecular complexity index is 885. The second kappa shape index (κ2) is 6.34. The highest BCUT2D eigenvalue weighted by atomic mass is 16.3. The van der Waals surface area contributed by atoms with Crippen molar-refractivity contribution < 1.29 is 9.90 Å². The van der Waals surface area contributed by atoms with Crippen LogP contribution in [-0.4, -0.2) is 40.1 Å². The molecule has 4 heteroatoms. The number of nitrogens with zero attached hydrogens (tertiary/aromatic N) is 1. The number of aliphatic hydroxyl groups is 1. The van der Waals surface area contributed by atoms with Crippen LogP contribution in [0, 0.1) is 28.6 Å². The fraction of sp³-hybridized carbons (Fsp3) is 0.640. The molecule has 0 spiro atoms. The largest absolute Gasteiger partial charge is 0.388 e. The number of likely N-dealkylation sites (N-methyl/N-ethyl adjacent to an activating group) is 1. The Labute approximate surface area is 174 Å². The molecule has 1 aliphatic heterocycles. The molecule has 1 aromatic rings. The zero-order valence-electron chi connectivity index (χ0n) is 18.1. The number of nitrogens with one attached hydrogen (secondary N) is 1. The molecule has 0 unspecified atom stereocenters. The third kappa shape index (κ3) is 2.51. The molecule has 156 valence electrons. The van der Waals surface area contributed by atoms with Crippen molar-refractivity contribution >= 4 is 11.5 Å². The Morgan fingerprint density at radius 2 is 2.03 bits per heavy atom. The topological polar surface area (TPSA) is 56.3 Å². The molecule has 1 amide bonds. The first-order valence-corrected chi connectivity index (χ1v) is 11.2. The molecule has 0 saturated heterocycles. The van der Waals surface area contributed by atoms with Crippen LogP contribution in [0.5, 0.6) is 0 Å². The van der Waals surface area contributed by atoms with E-state index in [1.807, 2.05) is 24.2 Å². The lowest BCUT2D eigenvalue weighted by Gasteiger charge is -2.59. The predicted octanol–water partition coefficient (Wildman–Crippen LogP) is 4.40. The van der Waals surface area contributed by atoms with Crippen molar-refractivity contribution in [1.29, 1.82) is 0 Å². The van der Waals surface area contributed by atoms with E-state index in [2.05, 4.69) is 37.9 Å². The Balaban J connectivity index is 1.51. The Hall–Kier alpha value is -1.81. The van der Waals surface area contributed by atoms with Crippen molar-refractivity contribution in [2.45, 2.75) is 65.0 Å². The molecule has 5 rings (SSSR count). The van der Waals surface area contributed by atoms with Gasteiger partial charge in [0.05, 0.1) is 6.10 Å². The van der Waals surface area contributed by atoms with Gasteiger partial charge < -0.3 is 15.0 Å². The molecule has 7 atom stereocenters. The van der Waals surface area contributed by atoms with Crippen LogP contribution >= 0.6 is 0 Å². The van der Waals surface area contributed by atoms with Crippen LogP contribution in [-0.2, 0) is 4.79 Å². The monoisotopic (exact) mass is 394 g/mol. The van der Waals surface area contributed by atoms with Crippen LogP contribution in [0.3, 0.4) is 0 Å². The van der Waals surface area contributed by atoms with Gasteiger partial charge in [-0.05, 0) is 86.1 Å². The van der Waals surface area contributed by atoms with Crippen LogP contribution in [0.15, 0.2) is 36.1 Å². The second-order valence-electron chi connectivity index (χ2n) is 10.5. The van der Waals surface area contributed by atoms with E-state index in [1.165, 1.54) is 11.1 Å². The van der Waals surface area contributed by atoms with Gasteiger partial charge in [-0.1, -0.05) is 19.9 Å². The fourth-order valence-electron chi connectivity index (χ4n) is 7.65. The standard InChI is InChI=1S/C25H34N2O2/c1-15(20-6-5-13-26-20)17-14-19-16-7-8-21-24(2,12-10-22(28)27(21)4)18(16)9-11-25(19,3)23(17)29/h5-6,10,12-13,16,18-19,21,23,26,29H,7-9,11,14H2,1-4H3/b17-15-/t16-,18+,19+,21-,23+,24-,25+/m1/s1. The Kier molecular flexibility index (Phi) is 4.19. The predicted molar refractivity (Wildman–Crippen MR) is 115 cm³/mol. The molecule has 1 aromatic heterocycles. The number of hydrogen-bond donors (Lipinski definition) is 2. The van der Waals surface area contributed by atoms with E-state index in [-0.39, 0.29) is 22.8 Å². The normalized spacial score (nSPS) is 45.6. The summed E-state index contributed by atoms with van der Waals surface area (Å²) in [5.74, 6) is 1.87. The molecular weight excluding hydrogens is 360 g/mol. The highest BCUT2D eigenvalue weighted by Crippen LogP contribution is 2.65. The number of hydrogen-bond acceptors (Lipinski definition) is 2. The molecule has 3 aliphatic carbocycles. The number of allylic oxidation sites excluding steroid dienone is 1. The highest BCUT2D eigenvalue weighted by molar-refractivity contribution is 5.89. The summed E-state index contributed by atoms with van der Waals surface area (Å²) in [4.78, 5) is 17.6. The third-order valence-corrected chi connectivity index (χ3v) is 9.44.